The van der Waals surface area contributed by atoms with E-state index >= 15 is 0 Å². The Labute approximate surface area is 155 Å². The molecule has 1 saturated carbocycles. The number of halogens is 2. The van der Waals surface area contributed by atoms with Crippen LogP contribution in [0, 0.1) is 5.92 Å². The SMILES string of the molecule is Cl.Cl.NCCCCCCC(=O)Nc1ccc(NC(=O)C2CC2)nc1. The van der Waals surface area contributed by atoms with Gasteiger partial charge < -0.3 is 16.4 Å². The maximum Gasteiger partial charge on any atom is 0.228 e. The van der Waals surface area contributed by atoms with E-state index in [0.717, 1.165) is 38.5 Å². The Kier molecular flexibility index (Phi) is 11.4. The normalized spacial score (nSPS) is 12.5. The predicted octanol–water partition coefficient (Wildman–Crippen LogP) is 3.12. The molecule has 0 saturated heterocycles. The molecule has 0 aromatic carbocycles. The molecule has 1 aromatic rings. The van der Waals surface area contributed by atoms with Crippen LogP contribution in [-0.4, -0.2) is 23.3 Å². The Morgan fingerprint density at radius 1 is 1.08 bits per heavy atom. The van der Waals surface area contributed by atoms with Gasteiger partial charge in [0.2, 0.25) is 11.8 Å². The van der Waals surface area contributed by atoms with Crippen LogP contribution in [0.25, 0.3) is 0 Å². The first-order valence-electron chi connectivity index (χ1n) is 7.96. The summed E-state index contributed by atoms with van der Waals surface area (Å²) in [5.74, 6) is 0.697. The molecule has 4 N–H and O–H groups in total. The lowest BCUT2D eigenvalue weighted by Crippen LogP contribution is -2.15. The predicted molar refractivity (Wildman–Crippen MR) is 101 cm³/mol. The fourth-order valence-corrected chi connectivity index (χ4v) is 2.12. The number of carbonyl (C=O) groups is 2. The Bertz CT molecular complexity index is 507. The average molecular weight is 377 g/mol. The molecule has 1 heterocycles. The average Bonchev–Trinajstić information content (AvgIpc) is 3.34. The van der Waals surface area contributed by atoms with Gasteiger partial charge in [-0.25, -0.2) is 4.98 Å². The Hall–Kier alpha value is -1.37. The molecule has 0 radical (unpaired) electrons. The van der Waals surface area contributed by atoms with Crippen molar-refractivity contribution in [2.24, 2.45) is 11.7 Å². The van der Waals surface area contributed by atoms with Crippen LogP contribution in [0.2, 0.25) is 0 Å². The van der Waals surface area contributed by atoms with Crippen LogP contribution >= 0.6 is 24.8 Å². The zero-order chi connectivity index (χ0) is 15.8. The number of carbonyl (C=O) groups excluding carboxylic acids is 2. The zero-order valence-corrected chi connectivity index (χ0v) is 15.3. The van der Waals surface area contributed by atoms with Gasteiger partial charge in [-0.1, -0.05) is 12.8 Å². The lowest BCUT2D eigenvalue weighted by molar-refractivity contribution is -0.117. The van der Waals surface area contributed by atoms with Crippen molar-refractivity contribution in [1.29, 1.82) is 0 Å². The van der Waals surface area contributed by atoms with Gasteiger partial charge in [0.15, 0.2) is 0 Å². The van der Waals surface area contributed by atoms with Crippen molar-refractivity contribution in [3.63, 3.8) is 0 Å². The van der Waals surface area contributed by atoms with E-state index in [9.17, 15) is 9.59 Å². The summed E-state index contributed by atoms with van der Waals surface area (Å²) in [6.07, 6.45) is 7.97. The number of aromatic nitrogens is 1. The lowest BCUT2D eigenvalue weighted by Gasteiger charge is -2.07. The summed E-state index contributed by atoms with van der Waals surface area (Å²) in [5.41, 5.74) is 6.07. The van der Waals surface area contributed by atoms with E-state index in [1.165, 1.54) is 0 Å². The number of rotatable bonds is 9. The second kappa shape index (κ2) is 12.1. The van der Waals surface area contributed by atoms with Gasteiger partial charge in [-0.15, -0.1) is 24.8 Å². The van der Waals surface area contributed by atoms with Crippen LogP contribution in [0.5, 0.6) is 0 Å². The number of anilines is 2. The summed E-state index contributed by atoms with van der Waals surface area (Å²) in [5, 5.41) is 5.57. The number of hydrogen-bond donors (Lipinski definition) is 3. The van der Waals surface area contributed by atoms with Crippen LogP contribution in [0.15, 0.2) is 18.3 Å². The summed E-state index contributed by atoms with van der Waals surface area (Å²) >= 11 is 0. The minimum atomic E-state index is -0.00989. The quantitative estimate of drug-likeness (QED) is 0.576. The monoisotopic (exact) mass is 376 g/mol. The Morgan fingerprint density at radius 2 is 1.79 bits per heavy atom. The van der Waals surface area contributed by atoms with Crippen molar-refractivity contribution in [3.8, 4) is 0 Å². The number of nitrogens with zero attached hydrogens (tertiary/aromatic N) is 1. The van der Waals surface area contributed by atoms with Crippen molar-refractivity contribution in [2.45, 2.75) is 44.9 Å². The van der Waals surface area contributed by atoms with Crippen LogP contribution < -0.4 is 16.4 Å². The van der Waals surface area contributed by atoms with E-state index in [0.29, 0.717) is 24.5 Å². The summed E-state index contributed by atoms with van der Waals surface area (Å²) in [4.78, 5) is 27.5. The highest BCUT2D eigenvalue weighted by Gasteiger charge is 2.29. The third-order valence-electron chi connectivity index (χ3n) is 3.60. The fourth-order valence-electron chi connectivity index (χ4n) is 2.12. The van der Waals surface area contributed by atoms with Gasteiger partial charge in [0.25, 0.3) is 0 Å². The lowest BCUT2D eigenvalue weighted by atomic mass is 10.1. The standard InChI is InChI=1S/C16H24N4O2.2ClH/c17-10-4-2-1-3-5-15(21)19-13-8-9-14(18-11-13)20-16(22)12-6-7-12;;/h8-9,11-12H,1-7,10,17H2,(H,19,21)(H,18,20,22);2*1H. The van der Waals surface area contributed by atoms with Crippen molar-refractivity contribution in [3.05, 3.63) is 18.3 Å². The molecule has 0 spiro atoms. The van der Waals surface area contributed by atoms with Gasteiger partial charge in [-0.2, -0.15) is 0 Å². The van der Waals surface area contributed by atoms with Crippen molar-refractivity contribution in [2.75, 3.05) is 17.2 Å². The van der Waals surface area contributed by atoms with Gasteiger partial charge in [-0.05, 0) is 44.4 Å². The topological polar surface area (TPSA) is 97.1 Å². The van der Waals surface area contributed by atoms with Gasteiger partial charge in [0.1, 0.15) is 5.82 Å². The maximum absolute atomic E-state index is 11.8. The molecular weight excluding hydrogens is 351 g/mol. The van der Waals surface area contributed by atoms with Gasteiger partial charge in [0.05, 0.1) is 11.9 Å². The molecule has 0 unspecified atom stereocenters. The molecule has 2 rings (SSSR count). The van der Waals surface area contributed by atoms with E-state index < -0.39 is 0 Å². The molecule has 24 heavy (non-hydrogen) atoms. The number of pyridine rings is 1. The van der Waals surface area contributed by atoms with Crippen LogP contribution in [0.1, 0.15) is 44.9 Å². The summed E-state index contributed by atoms with van der Waals surface area (Å²) in [6, 6.07) is 3.46. The largest absolute Gasteiger partial charge is 0.330 e. The number of nitrogens with one attached hydrogen (secondary N) is 2. The summed E-state index contributed by atoms with van der Waals surface area (Å²) in [7, 11) is 0. The highest BCUT2D eigenvalue weighted by molar-refractivity contribution is 5.94. The van der Waals surface area contributed by atoms with E-state index in [1.54, 1.807) is 18.3 Å². The molecule has 8 heteroatoms. The fraction of sp³-hybridized carbons (Fsp3) is 0.562. The molecule has 136 valence electrons. The first-order chi connectivity index (χ1) is 10.7. The van der Waals surface area contributed by atoms with Crippen LogP contribution in [-0.2, 0) is 9.59 Å². The smallest absolute Gasteiger partial charge is 0.228 e. The van der Waals surface area contributed by atoms with Gasteiger partial charge in [0, 0.05) is 12.3 Å². The molecule has 6 nitrogen and oxygen atoms in total. The third kappa shape index (κ3) is 8.47. The molecule has 1 aliphatic carbocycles. The molecule has 0 bridgehead atoms. The maximum atomic E-state index is 11.8. The van der Waals surface area contributed by atoms with Crippen LogP contribution in [0.4, 0.5) is 11.5 Å². The number of unbranched alkanes of at least 4 members (excludes halogenated alkanes) is 3. The zero-order valence-electron chi connectivity index (χ0n) is 13.6. The first kappa shape index (κ1) is 22.6. The molecule has 1 aromatic heterocycles. The van der Waals surface area contributed by atoms with E-state index in [1.807, 2.05) is 0 Å². The van der Waals surface area contributed by atoms with Crippen molar-refractivity contribution in [1.82, 2.24) is 4.98 Å². The number of nitrogens with two attached hydrogens (primary N) is 1. The molecule has 0 aliphatic heterocycles. The van der Waals surface area contributed by atoms with Gasteiger partial charge in [-0.3, -0.25) is 9.59 Å². The third-order valence-corrected chi connectivity index (χ3v) is 3.60. The first-order valence-corrected chi connectivity index (χ1v) is 7.96. The highest BCUT2D eigenvalue weighted by atomic mass is 35.5. The van der Waals surface area contributed by atoms with Crippen molar-refractivity contribution >= 4 is 48.1 Å². The molecular formula is C16H26Cl2N4O2. The van der Waals surface area contributed by atoms with Crippen LogP contribution in [0.3, 0.4) is 0 Å². The van der Waals surface area contributed by atoms with E-state index in [4.69, 9.17) is 5.73 Å². The van der Waals surface area contributed by atoms with Crippen molar-refractivity contribution < 1.29 is 9.59 Å². The molecule has 1 fully saturated rings. The Morgan fingerprint density at radius 3 is 2.38 bits per heavy atom. The second-order valence-electron chi connectivity index (χ2n) is 5.70. The van der Waals surface area contributed by atoms with Gasteiger partial charge >= 0.3 is 0 Å². The summed E-state index contributed by atoms with van der Waals surface area (Å²) in [6.45, 7) is 0.710. The number of hydrogen-bond acceptors (Lipinski definition) is 4. The minimum absolute atomic E-state index is 0. The second-order valence-corrected chi connectivity index (χ2v) is 5.70. The van der Waals surface area contributed by atoms with E-state index in [2.05, 4.69) is 15.6 Å². The summed E-state index contributed by atoms with van der Waals surface area (Å²) < 4.78 is 0. The highest BCUT2D eigenvalue weighted by Crippen LogP contribution is 2.29. The molecule has 1 aliphatic rings. The Balaban J connectivity index is 0.00000264. The van der Waals surface area contributed by atoms with E-state index in [-0.39, 0.29) is 42.5 Å². The molecule has 2 amide bonds. The molecule has 0 atom stereocenters. The number of amides is 2. The minimum Gasteiger partial charge on any atom is -0.330 e.